The zero-order chi connectivity index (χ0) is 25.8. The Bertz CT molecular complexity index is 1300. The molecule has 6 rings (SSSR count). The van der Waals surface area contributed by atoms with Gasteiger partial charge < -0.3 is 0 Å². The van der Waals surface area contributed by atoms with E-state index in [1.54, 1.807) is 5.56 Å². The highest BCUT2D eigenvalue weighted by Gasteiger charge is 2.44. The van der Waals surface area contributed by atoms with Crippen LogP contribution in [0.3, 0.4) is 0 Å². The summed E-state index contributed by atoms with van der Waals surface area (Å²) in [6.45, 7) is 2.35. The Balaban J connectivity index is 0.000000292. The van der Waals surface area contributed by atoms with Crippen LogP contribution < -0.4 is 0 Å². The van der Waals surface area contributed by atoms with Gasteiger partial charge in [0, 0.05) is 12.3 Å². The van der Waals surface area contributed by atoms with Crippen molar-refractivity contribution in [1.29, 1.82) is 0 Å². The fourth-order valence-electron chi connectivity index (χ4n) is 7.21. The molecule has 0 spiro atoms. The number of carbonyl (C=O) groups is 1. The lowest BCUT2D eigenvalue weighted by atomic mass is 9.73. The number of hydrogen-bond acceptors (Lipinski definition) is 3. The average molecular weight is 521 g/mol. The van der Waals surface area contributed by atoms with Gasteiger partial charge in [0.2, 0.25) is 0 Å². The number of ketones is 1. The Labute approximate surface area is 210 Å². The standard InChI is InChI=1S/C27H30O.CHF3O3S/c1-16-22(23-13-17-10-11-19(23)12-17)15-24-20-7-3-2-6-18(20)14-25(24)27(16)21-8-4-5-9-26(21)28;2-1(3,4)8(5,6)7/h2-3,6-7,15,17,19,21,23H,4-5,8-14H2,1H3;(H,5,6,7). The molecule has 0 heterocycles. The first kappa shape index (κ1) is 25.5. The van der Waals surface area contributed by atoms with Crippen molar-refractivity contribution in [3.63, 3.8) is 0 Å². The summed E-state index contributed by atoms with van der Waals surface area (Å²) in [7, 11) is -5.84. The number of alkyl halides is 3. The van der Waals surface area contributed by atoms with Crippen LogP contribution in [-0.4, -0.2) is 24.3 Å². The van der Waals surface area contributed by atoms with Crippen LogP contribution in [0.1, 0.15) is 91.0 Å². The molecule has 4 aliphatic rings. The Morgan fingerprint density at radius 2 is 1.72 bits per heavy atom. The van der Waals surface area contributed by atoms with Crippen LogP contribution in [0.4, 0.5) is 13.2 Å². The highest BCUT2D eigenvalue weighted by atomic mass is 32.2. The molecule has 4 unspecified atom stereocenters. The van der Waals surface area contributed by atoms with Crippen molar-refractivity contribution in [1.82, 2.24) is 0 Å². The second-order valence-electron chi connectivity index (χ2n) is 10.8. The van der Waals surface area contributed by atoms with Crippen LogP contribution >= 0.6 is 0 Å². The highest BCUT2D eigenvalue weighted by molar-refractivity contribution is 7.86. The minimum atomic E-state index is -5.84. The van der Waals surface area contributed by atoms with Gasteiger partial charge in [0.05, 0.1) is 0 Å². The van der Waals surface area contributed by atoms with Gasteiger partial charge in [-0.2, -0.15) is 21.6 Å². The number of fused-ring (bicyclic) bond motifs is 5. The monoisotopic (exact) mass is 520 g/mol. The van der Waals surface area contributed by atoms with E-state index in [1.165, 1.54) is 65.5 Å². The number of carbonyl (C=O) groups excluding carboxylic acids is 1. The van der Waals surface area contributed by atoms with Gasteiger partial charge in [-0.05, 0) is 102 Å². The molecule has 1 N–H and O–H groups in total. The fourth-order valence-corrected chi connectivity index (χ4v) is 7.21. The molecule has 36 heavy (non-hydrogen) atoms. The molecule has 194 valence electrons. The van der Waals surface area contributed by atoms with E-state index in [2.05, 4.69) is 37.3 Å². The number of rotatable bonds is 2. The van der Waals surface area contributed by atoms with E-state index in [4.69, 9.17) is 13.0 Å². The molecule has 0 radical (unpaired) electrons. The van der Waals surface area contributed by atoms with E-state index in [-0.39, 0.29) is 5.92 Å². The maximum Gasteiger partial charge on any atom is 0.522 e. The van der Waals surface area contributed by atoms with Crippen molar-refractivity contribution in [2.45, 2.75) is 82.1 Å². The quantitative estimate of drug-likeness (QED) is 0.289. The zero-order valence-corrected chi connectivity index (χ0v) is 21.1. The molecule has 4 atom stereocenters. The minimum Gasteiger partial charge on any atom is -0.299 e. The lowest BCUT2D eigenvalue weighted by molar-refractivity contribution is -0.121. The normalized spacial score (nSPS) is 26.9. The van der Waals surface area contributed by atoms with Gasteiger partial charge in [-0.1, -0.05) is 43.2 Å². The number of benzene rings is 2. The van der Waals surface area contributed by atoms with Crippen molar-refractivity contribution >= 4 is 15.9 Å². The van der Waals surface area contributed by atoms with Crippen LogP contribution in [-0.2, 0) is 21.3 Å². The molecule has 0 saturated heterocycles. The molecule has 2 aromatic carbocycles. The van der Waals surface area contributed by atoms with Crippen LogP contribution in [0.2, 0.25) is 0 Å². The molecule has 0 aromatic heterocycles. The maximum atomic E-state index is 13.0. The first-order chi connectivity index (χ1) is 17.0. The molecule has 0 aliphatic heterocycles. The summed E-state index contributed by atoms with van der Waals surface area (Å²) in [5.74, 6) is 3.21. The van der Waals surface area contributed by atoms with Gasteiger partial charge in [0.25, 0.3) is 0 Å². The predicted octanol–water partition coefficient (Wildman–Crippen LogP) is 7.09. The second-order valence-corrected chi connectivity index (χ2v) is 12.2. The van der Waals surface area contributed by atoms with Crippen LogP contribution in [0.25, 0.3) is 11.1 Å². The van der Waals surface area contributed by atoms with E-state index < -0.39 is 15.6 Å². The molecule has 0 amide bonds. The van der Waals surface area contributed by atoms with Crippen molar-refractivity contribution in [2.75, 3.05) is 0 Å². The number of hydrogen-bond donors (Lipinski definition) is 1. The van der Waals surface area contributed by atoms with E-state index in [1.807, 2.05) is 0 Å². The van der Waals surface area contributed by atoms with E-state index in [0.29, 0.717) is 5.78 Å². The molecule has 4 aliphatic carbocycles. The van der Waals surface area contributed by atoms with Gasteiger partial charge in [-0.15, -0.1) is 0 Å². The van der Waals surface area contributed by atoms with Crippen LogP contribution in [0, 0.1) is 18.8 Å². The van der Waals surface area contributed by atoms with Crippen LogP contribution in [0.15, 0.2) is 30.3 Å². The predicted molar refractivity (Wildman–Crippen MR) is 131 cm³/mol. The molecule has 2 bridgehead atoms. The van der Waals surface area contributed by atoms with Gasteiger partial charge >= 0.3 is 15.6 Å². The maximum absolute atomic E-state index is 13.0. The van der Waals surface area contributed by atoms with E-state index in [9.17, 15) is 18.0 Å². The third kappa shape index (κ3) is 4.51. The van der Waals surface area contributed by atoms with Crippen LogP contribution in [0.5, 0.6) is 0 Å². The molecule has 8 heteroatoms. The molecular formula is C28H31F3O4S. The Kier molecular flexibility index (Phi) is 6.56. The third-order valence-corrected chi connectivity index (χ3v) is 9.38. The fraction of sp³-hybridized carbons (Fsp3) is 0.536. The van der Waals surface area contributed by atoms with Crippen molar-refractivity contribution < 1.29 is 30.9 Å². The topological polar surface area (TPSA) is 71.4 Å². The summed E-state index contributed by atoms with van der Waals surface area (Å²) >= 11 is 0. The zero-order valence-electron chi connectivity index (χ0n) is 20.3. The molecule has 2 aromatic rings. The summed E-state index contributed by atoms with van der Waals surface area (Å²) in [6, 6.07) is 11.5. The van der Waals surface area contributed by atoms with Crippen molar-refractivity contribution in [2.24, 2.45) is 11.8 Å². The summed E-state index contributed by atoms with van der Waals surface area (Å²) in [6.07, 6.45) is 10.8. The second kappa shape index (κ2) is 9.28. The SMILES string of the molecule is Cc1c(C2CC3CCC2C3)cc2c(c1C1CCCCC1=O)Cc1ccccc1-2.O=S(=O)(O)C(F)(F)F. The lowest BCUT2D eigenvalue weighted by Gasteiger charge is -2.30. The van der Waals surface area contributed by atoms with Gasteiger partial charge in [0.1, 0.15) is 5.78 Å². The number of halogens is 3. The first-order valence-electron chi connectivity index (χ1n) is 12.8. The Morgan fingerprint density at radius 3 is 2.33 bits per heavy atom. The largest absolute Gasteiger partial charge is 0.522 e. The van der Waals surface area contributed by atoms with E-state index in [0.717, 1.165) is 43.4 Å². The smallest absolute Gasteiger partial charge is 0.299 e. The van der Waals surface area contributed by atoms with E-state index >= 15 is 0 Å². The van der Waals surface area contributed by atoms with Crippen molar-refractivity contribution in [3.05, 3.63) is 58.1 Å². The first-order valence-corrected chi connectivity index (χ1v) is 14.2. The molecule has 3 saturated carbocycles. The van der Waals surface area contributed by atoms with Crippen molar-refractivity contribution in [3.8, 4) is 11.1 Å². The number of Topliss-reactive ketones (excluding diaryl/α,β-unsaturated/α-hetero) is 1. The summed E-state index contributed by atoms with van der Waals surface area (Å²) < 4.78 is 57.5. The minimum absolute atomic E-state index is 0.148. The molecule has 3 fully saturated rings. The molecule has 4 nitrogen and oxygen atoms in total. The third-order valence-electron chi connectivity index (χ3n) is 8.80. The van der Waals surface area contributed by atoms with Gasteiger partial charge in [0.15, 0.2) is 0 Å². The summed E-state index contributed by atoms with van der Waals surface area (Å²) in [5, 5.41) is 0. The Hall–Kier alpha value is -2.19. The molecular weight excluding hydrogens is 489 g/mol. The summed E-state index contributed by atoms with van der Waals surface area (Å²) in [5.41, 5.74) is 4.78. The van der Waals surface area contributed by atoms with Gasteiger partial charge in [-0.3, -0.25) is 9.35 Å². The highest BCUT2D eigenvalue weighted by Crippen LogP contribution is 2.55. The summed E-state index contributed by atoms with van der Waals surface area (Å²) in [4.78, 5) is 13.0. The van der Waals surface area contributed by atoms with Gasteiger partial charge in [-0.25, -0.2) is 0 Å². The lowest BCUT2D eigenvalue weighted by Crippen LogP contribution is -2.21. The Morgan fingerprint density at radius 1 is 1.00 bits per heavy atom. The average Bonchev–Trinajstić information content (AvgIpc) is 3.53.